The Labute approximate surface area is 68.0 Å². The standard InChI is InChI=1S/C10H12O/c1-10(2,3)11-9-7-5-4-6-8-9/h5,7-8H,1-3H3. The van der Waals surface area contributed by atoms with Crippen LogP contribution in [0.15, 0.2) is 18.2 Å². The van der Waals surface area contributed by atoms with E-state index in [1.165, 1.54) is 0 Å². The Balaban J connectivity index is 2.66. The molecule has 1 aromatic carbocycles. The van der Waals surface area contributed by atoms with E-state index in [0.29, 0.717) is 0 Å². The molecule has 0 amide bonds. The second-order valence-corrected chi connectivity index (χ2v) is 3.38. The fourth-order valence-corrected chi connectivity index (χ4v) is 0.750. The molecule has 0 aliphatic carbocycles. The molecule has 0 saturated carbocycles. The van der Waals surface area contributed by atoms with Crippen molar-refractivity contribution in [2.45, 2.75) is 26.4 Å². The van der Waals surface area contributed by atoms with Crippen LogP contribution in [0.4, 0.5) is 0 Å². The quantitative estimate of drug-likeness (QED) is 0.594. The molecule has 1 rings (SSSR count). The molecule has 0 N–H and O–H groups in total. The Hall–Kier alpha value is -0.980. The van der Waals surface area contributed by atoms with Gasteiger partial charge in [0.1, 0.15) is 11.4 Å². The SMILES string of the molecule is CC(C)(C)Oc1c[c][c]cc1. The highest BCUT2D eigenvalue weighted by Crippen LogP contribution is 2.15. The summed E-state index contributed by atoms with van der Waals surface area (Å²) in [6.45, 7) is 6.05. The summed E-state index contributed by atoms with van der Waals surface area (Å²) < 4.78 is 5.55. The summed E-state index contributed by atoms with van der Waals surface area (Å²) in [7, 11) is 0. The van der Waals surface area contributed by atoms with Crippen molar-refractivity contribution in [3.8, 4) is 5.75 Å². The van der Waals surface area contributed by atoms with Crippen LogP contribution < -0.4 is 4.74 Å². The molecule has 11 heavy (non-hydrogen) atoms. The lowest BCUT2D eigenvalue weighted by Gasteiger charge is -2.20. The highest BCUT2D eigenvalue weighted by Gasteiger charge is 2.10. The minimum Gasteiger partial charge on any atom is -0.488 e. The molecular formula is C10H12O. The minimum atomic E-state index is -0.130. The largest absolute Gasteiger partial charge is 0.488 e. The van der Waals surface area contributed by atoms with Gasteiger partial charge in [0.05, 0.1) is 0 Å². The van der Waals surface area contributed by atoms with E-state index in [2.05, 4.69) is 12.1 Å². The molecule has 1 nitrogen and oxygen atoms in total. The first kappa shape index (κ1) is 8.12. The van der Waals surface area contributed by atoms with Crippen LogP contribution in [0.1, 0.15) is 20.8 Å². The van der Waals surface area contributed by atoms with Crippen LogP contribution in [0.5, 0.6) is 5.75 Å². The van der Waals surface area contributed by atoms with Crippen molar-refractivity contribution in [2.24, 2.45) is 0 Å². The van der Waals surface area contributed by atoms with Crippen molar-refractivity contribution in [1.82, 2.24) is 0 Å². The van der Waals surface area contributed by atoms with Crippen LogP contribution in [0, 0.1) is 12.1 Å². The van der Waals surface area contributed by atoms with Crippen molar-refractivity contribution >= 4 is 0 Å². The summed E-state index contributed by atoms with van der Waals surface area (Å²) in [5, 5.41) is 0. The molecule has 2 radical (unpaired) electrons. The predicted molar refractivity (Wildman–Crippen MR) is 44.5 cm³/mol. The topological polar surface area (TPSA) is 9.23 Å². The lowest BCUT2D eigenvalue weighted by atomic mass is 10.2. The van der Waals surface area contributed by atoms with Crippen molar-refractivity contribution in [1.29, 1.82) is 0 Å². The first-order chi connectivity index (χ1) is 5.08. The maximum Gasteiger partial charge on any atom is 0.120 e. The molecule has 0 aliphatic rings. The highest BCUT2D eigenvalue weighted by atomic mass is 16.5. The first-order valence-corrected chi connectivity index (χ1v) is 3.65. The lowest BCUT2D eigenvalue weighted by molar-refractivity contribution is 0.131. The second kappa shape index (κ2) is 2.95. The molecule has 0 fully saturated rings. The maximum absolute atomic E-state index is 5.55. The number of hydrogen-bond acceptors (Lipinski definition) is 1. The summed E-state index contributed by atoms with van der Waals surface area (Å²) in [5.74, 6) is 0.844. The second-order valence-electron chi connectivity index (χ2n) is 3.38. The van der Waals surface area contributed by atoms with Crippen LogP contribution in [0.25, 0.3) is 0 Å². The fourth-order valence-electron chi connectivity index (χ4n) is 0.750. The third-order valence-electron chi connectivity index (χ3n) is 1.05. The normalized spacial score (nSPS) is 11.2. The van der Waals surface area contributed by atoms with E-state index in [1.807, 2.05) is 26.8 Å². The van der Waals surface area contributed by atoms with Crippen molar-refractivity contribution in [3.63, 3.8) is 0 Å². The molecule has 0 unspecified atom stereocenters. The monoisotopic (exact) mass is 148 g/mol. The molecular weight excluding hydrogens is 136 g/mol. The summed E-state index contributed by atoms with van der Waals surface area (Å²) in [5.41, 5.74) is -0.130. The van der Waals surface area contributed by atoms with E-state index in [1.54, 1.807) is 12.1 Å². The van der Waals surface area contributed by atoms with E-state index in [9.17, 15) is 0 Å². The van der Waals surface area contributed by atoms with Crippen LogP contribution >= 0.6 is 0 Å². The van der Waals surface area contributed by atoms with Gasteiger partial charge in [0, 0.05) is 0 Å². The maximum atomic E-state index is 5.55. The number of hydrogen-bond donors (Lipinski definition) is 0. The first-order valence-electron chi connectivity index (χ1n) is 3.65. The molecule has 0 heterocycles. The average Bonchev–Trinajstić information content (AvgIpc) is 1.85. The van der Waals surface area contributed by atoms with Gasteiger partial charge in [-0.2, -0.15) is 0 Å². The predicted octanol–water partition coefficient (Wildman–Crippen LogP) is 2.46. The molecule has 0 aromatic heterocycles. The third kappa shape index (κ3) is 3.08. The Kier molecular flexibility index (Phi) is 2.18. The summed E-state index contributed by atoms with van der Waals surface area (Å²) in [6, 6.07) is 11.1. The Morgan fingerprint density at radius 3 is 2.45 bits per heavy atom. The van der Waals surface area contributed by atoms with E-state index < -0.39 is 0 Å². The van der Waals surface area contributed by atoms with Crippen LogP contribution in [0.3, 0.4) is 0 Å². The molecule has 0 atom stereocenters. The molecule has 1 heteroatoms. The third-order valence-corrected chi connectivity index (χ3v) is 1.05. The smallest absolute Gasteiger partial charge is 0.120 e. The van der Waals surface area contributed by atoms with Gasteiger partial charge in [-0.15, -0.1) is 0 Å². The minimum absolute atomic E-state index is 0.130. The van der Waals surface area contributed by atoms with Gasteiger partial charge >= 0.3 is 0 Å². The van der Waals surface area contributed by atoms with Crippen molar-refractivity contribution in [2.75, 3.05) is 0 Å². The average molecular weight is 148 g/mol. The summed E-state index contributed by atoms with van der Waals surface area (Å²) >= 11 is 0. The summed E-state index contributed by atoms with van der Waals surface area (Å²) in [4.78, 5) is 0. The zero-order chi connectivity index (χ0) is 8.32. The summed E-state index contributed by atoms with van der Waals surface area (Å²) in [6.07, 6.45) is 0. The molecule has 1 aromatic rings. The van der Waals surface area contributed by atoms with Gasteiger partial charge in [0.25, 0.3) is 0 Å². The Bertz CT molecular complexity index is 208. The van der Waals surface area contributed by atoms with Crippen LogP contribution in [-0.2, 0) is 0 Å². The number of benzene rings is 1. The lowest BCUT2D eigenvalue weighted by Crippen LogP contribution is -2.22. The Morgan fingerprint density at radius 2 is 2.00 bits per heavy atom. The van der Waals surface area contributed by atoms with E-state index >= 15 is 0 Å². The van der Waals surface area contributed by atoms with E-state index in [4.69, 9.17) is 4.74 Å². The highest BCUT2D eigenvalue weighted by molar-refractivity contribution is 5.20. The molecule has 0 bridgehead atoms. The van der Waals surface area contributed by atoms with E-state index in [-0.39, 0.29) is 5.60 Å². The van der Waals surface area contributed by atoms with Crippen LogP contribution in [0.2, 0.25) is 0 Å². The zero-order valence-electron chi connectivity index (χ0n) is 7.14. The number of ether oxygens (including phenoxy) is 1. The van der Waals surface area contributed by atoms with Crippen molar-refractivity contribution in [3.05, 3.63) is 30.3 Å². The zero-order valence-corrected chi connectivity index (χ0v) is 7.14. The van der Waals surface area contributed by atoms with Gasteiger partial charge in [-0.05, 0) is 45.0 Å². The number of rotatable bonds is 1. The van der Waals surface area contributed by atoms with Crippen molar-refractivity contribution < 1.29 is 4.74 Å². The molecule has 58 valence electrons. The van der Waals surface area contributed by atoms with Gasteiger partial charge in [0.2, 0.25) is 0 Å². The van der Waals surface area contributed by atoms with E-state index in [0.717, 1.165) is 5.75 Å². The molecule has 0 aliphatic heterocycles. The molecule has 0 saturated heterocycles. The van der Waals surface area contributed by atoms with Crippen LogP contribution in [-0.4, -0.2) is 5.60 Å². The fraction of sp³-hybridized carbons (Fsp3) is 0.400. The van der Waals surface area contributed by atoms with Gasteiger partial charge in [-0.3, -0.25) is 0 Å². The Morgan fingerprint density at radius 1 is 1.27 bits per heavy atom. The molecule has 0 spiro atoms. The van der Waals surface area contributed by atoms with Gasteiger partial charge in [0.15, 0.2) is 0 Å². The van der Waals surface area contributed by atoms with Gasteiger partial charge in [-0.25, -0.2) is 0 Å². The van der Waals surface area contributed by atoms with Gasteiger partial charge in [-0.1, -0.05) is 6.07 Å². The van der Waals surface area contributed by atoms with Gasteiger partial charge < -0.3 is 4.74 Å².